The Morgan fingerprint density at radius 3 is 1.76 bits per heavy atom. The lowest BCUT2D eigenvalue weighted by Crippen LogP contribution is -2.16. The number of rotatable bonds is 6. The maximum absolute atomic E-state index is 5.31. The van der Waals surface area contributed by atoms with Crippen LogP contribution in [0.1, 0.15) is 25.0 Å². The lowest BCUT2D eigenvalue weighted by atomic mass is 9.78. The van der Waals surface area contributed by atoms with Crippen LogP contribution in [-0.2, 0) is 5.41 Å². The molecule has 274 valence electrons. The predicted molar refractivity (Wildman–Crippen MR) is 245 cm³/mol. The molecule has 0 spiro atoms. The molecular formula is C55H38N2S. The minimum absolute atomic E-state index is 0.121. The van der Waals surface area contributed by atoms with E-state index < -0.39 is 0 Å². The van der Waals surface area contributed by atoms with E-state index in [2.05, 4.69) is 202 Å². The van der Waals surface area contributed by atoms with Gasteiger partial charge in [-0.2, -0.15) is 0 Å². The van der Waals surface area contributed by atoms with Crippen molar-refractivity contribution < 1.29 is 0 Å². The molecule has 2 aromatic heterocycles. The SMILES string of the molecule is CC1(C)c2ccccc2-c2cccc(-c3cccc(-c4cc(-c5cc(-c6ccccc6)cc(-c6ccc7sc8ccccc8c7c6)c5)nc(-c5ccccc5)n4)c3)c21. The van der Waals surface area contributed by atoms with E-state index in [1.165, 1.54) is 64.7 Å². The summed E-state index contributed by atoms with van der Waals surface area (Å²) in [5, 5.41) is 2.59. The number of aromatic nitrogens is 2. The van der Waals surface area contributed by atoms with Gasteiger partial charge in [-0.25, -0.2) is 9.97 Å². The van der Waals surface area contributed by atoms with Crippen molar-refractivity contribution in [3.05, 3.63) is 205 Å². The topological polar surface area (TPSA) is 25.8 Å². The molecule has 0 unspecified atom stereocenters. The molecule has 0 amide bonds. The summed E-state index contributed by atoms with van der Waals surface area (Å²) < 4.78 is 2.61. The molecule has 0 saturated carbocycles. The second kappa shape index (κ2) is 13.6. The lowest BCUT2D eigenvalue weighted by molar-refractivity contribution is 0.662. The van der Waals surface area contributed by atoms with E-state index in [0.717, 1.165) is 39.2 Å². The molecule has 3 heteroatoms. The minimum atomic E-state index is -0.121. The lowest BCUT2D eigenvalue weighted by Gasteiger charge is -2.24. The van der Waals surface area contributed by atoms with Crippen LogP contribution in [0.5, 0.6) is 0 Å². The fourth-order valence-corrected chi connectivity index (χ4v) is 10.1. The quantitative estimate of drug-likeness (QED) is 0.169. The predicted octanol–water partition coefficient (Wildman–Crippen LogP) is 15.2. The molecular weight excluding hydrogens is 721 g/mol. The minimum Gasteiger partial charge on any atom is -0.228 e. The van der Waals surface area contributed by atoms with Crippen LogP contribution in [0.3, 0.4) is 0 Å². The maximum Gasteiger partial charge on any atom is 0.160 e. The van der Waals surface area contributed by atoms with Crippen LogP contribution in [0.4, 0.5) is 0 Å². The highest BCUT2D eigenvalue weighted by Crippen LogP contribution is 2.52. The largest absolute Gasteiger partial charge is 0.228 e. The van der Waals surface area contributed by atoms with E-state index in [-0.39, 0.29) is 5.41 Å². The Morgan fingerprint density at radius 1 is 0.362 bits per heavy atom. The van der Waals surface area contributed by atoms with Gasteiger partial charge in [0.1, 0.15) is 0 Å². The first kappa shape index (κ1) is 34.3. The monoisotopic (exact) mass is 758 g/mol. The van der Waals surface area contributed by atoms with Crippen molar-refractivity contribution in [2.24, 2.45) is 0 Å². The van der Waals surface area contributed by atoms with Crippen LogP contribution < -0.4 is 0 Å². The van der Waals surface area contributed by atoms with Crippen LogP contribution in [-0.4, -0.2) is 9.97 Å². The van der Waals surface area contributed by atoms with Gasteiger partial charge in [0.15, 0.2) is 5.82 Å². The summed E-state index contributed by atoms with van der Waals surface area (Å²) in [6.45, 7) is 4.71. The molecule has 11 rings (SSSR count). The normalized spacial score (nSPS) is 12.8. The Balaban J connectivity index is 1.09. The van der Waals surface area contributed by atoms with Gasteiger partial charge in [-0.05, 0) is 104 Å². The molecule has 58 heavy (non-hydrogen) atoms. The van der Waals surface area contributed by atoms with Gasteiger partial charge >= 0.3 is 0 Å². The van der Waals surface area contributed by atoms with Crippen LogP contribution in [0.25, 0.3) is 98.6 Å². The van der Waals surface area contributed by atoms with E-state index in [1.54, 1.807) is 0 Å². The average molecular weight is 759 g/mol. The first-order valence-electron chi connectivity index (χ1n) is 19.9. The number of thiophene rings is 1. The average Bonchev–Trinajstić information content (AvgIpc) is 3.78. The highest BCUT2D eigenvalue weighted by Gasteiger charge is 2.37. The zero-order chi connectivity index (χ0) is 38.8. The van der Waals surface area contributed by atoms with Crippen LogP contribution >= 0.6 is 11.3 Å². The van der Waals surface area contributed by atoms with Crippen molar-refractivity contribution in [3.63, 3.8) is 0 Å². The standard InChI is InChI=1S/C55H38N2S/c1-55(2)48-25-11-9-21-44(48)46-24-14-23-43(53(46)55)38-19-13-20-39(29-38)49-34-50(57-54(56-49)36-17-7-4-8-18-36)42-31-40(35-15-5-3-6-16-35)30-41(32-42)37-27-28-52-47(33-37)45-22-10-12-26-51(45)58-52/h3-34H,1-2H3. The zero-order valence-electron chi connectivity index (χ0n) is 32.3. The summed E-state index contributed by atoms with van der Waals surface area (Å²) in [4.78, 5) is 10.6. The fourth-order valence-electron chi connectivity index (χ4n) is 9.04. The Hall–Kier alpha value is -6.94. The third-order valence-electron chi connectivity index (χ3n) is 11.9. The van der Waals surface area contributed by atoms with Gasteiger partial charge < -0.3 is 0 Å². The first-order valence-corrected chi connectivity index (χ1v) is 20.7. The van der Waals surface area contributed by atoms with Gasteiger partial charge in [0.2, 0.25) is 0 Å². The molecule has 0 radical (unpaired) electrons. The third kappa shape index (κ3) is 5.78. The van der Waals surface area contributed by atoms with Gasteiger partial charge in [-0.1, -0.05) is 159 Å². The summed E-state index contributed by atoms with van der Waals surface area (Å²) >= 11 is 1.85. The molecule has 0 fully saturated rings. The van der Waals surface area contributed by atoms with Crippen molar-refractivity contribution in [2.75, 3.05) is 0 Å². The molecule has 0 bridgehead atoms. The number of fused-ring (bicyclic) bond motifs is 6. The van der Waals surface area contributed by atoms with Gasteiger partial charge in [0.25, 0.3) is 0 Å². The Bertz CT molecular complexity index is 3190. The van der Waals surface area contributed by atoms with Crippen LogP contribution in [0.15, 0.2) is 194 Å². The van der Waals surface area contributed by atoms with E-state index >= 15 is 0 Å². The van der Waals surface area contributed by atoms with E-state index in [0.29, 0.717) is 5.82 Å². The van der Waals surface area contributed by atoms with E-state index in [4.69, 9.17) is 9.97 Å². The van der Waals surface area contributed by atoms with Crippen molar-refractivity contribution >= 4 is 31.5 Å². The Morgan fingerprint density at radius 2 is 0.931 bits per heavy atom. The Kier molecular flexibility index (Phi) is 8.06. The summed E-state index contributed by atoms with van der Waals surface area (Å²) in [6, 6.07) is 70.2. The second-order valence-corrected chi connectivity index (χ2v) is 16.9. The van der Waals surface area contributed by atoms with Crippen molar-refractivity contribution in [2.45, 2.75) is 19.3 Å². The fraction of sp³-hybridized carbons (Fsp3) is 0.0545. The molecule has 0 aliphatic heterocycles. The molecule has 0 atom stereocenters. The van der Waals surface area contributed by atoms with Crippen LogP contribution in [0, 0.1) is 0 Å². The number of hydrogen-bond acceptors (Lipinski definition) is 3. The zero-order valence-corrected chi connectivity index (χ0v) is 33.1. The summed E-state index contributed by atoms with van der Waals surface area (Å²) in [6.07, 6.45) is 0. The molecule has 8 aromatic carbocycles. The smallest absolute Gasteiger partial charge is 0.160 e. The van der Waals surface area contributed by atoms with Crippen molar-refractivity contribution in [1.29, 1.82) is 0 Å². The van der Waals surface area contributed by atoms with Gasteiger partial charge in [-0.3, -0.25) is 0 Å². The van der Waals surface area contributed by atoms with Gasteiger partial charge in [0, 0.05) is 42.3 Å². The molecule has 0 saturated heterocycles. The second-order valence-electron chi connectivity index (χ2n) is 15.8. The van der Waals surface area contributed by atoms with Crippen molar-refractivity contribution in [1.82, 2.24) is 9.97 Å². The highest BCUT2D eigenvalue weighted by atomic mass is 32.1. The summed E-state index contributed by atoms with van der Waals surface area (Å²) in [5.74, 6) is 0.702. The third-order valence-corrected chi connectivity index (χ3v) is 13.0. The summed E-state index contributed by atoms with van der Waals surface area (Å²) in [5.41, 5.74) is 17.2. The maximum atomic E-state index is 5.31. The van der Waals surface area contributed by atoms with E-state index in [1.807, 2.05) is 17.4 Å². The molecule has 0 N–H and O–H groups in total. The number of nitrogens with zero attached hydrogens (tertiary/aromatic N) is 2. The number of benzene rings is 8. The summed E-state index contributed by atoms with van der Waals surface area (Å²) in [7, 11) is 0. The Labute approximate surface area is 342 Å². The molecule has 2 heterocycles. The highest BCUT2D eigenvalue weighted by molar-refractivity contribution is 7.25. The van der Waals surface area contributed by atoms with Gasteiger partial charge in [-0.15, -0.1) is 11.3 Å². The molecule has 10 aromatic rings. The molecule has 1 aliphatic rings. The van der Waals surface area contributed by atoms with Crippen LogP contribution in [0.2, 0.25) is 0 Å². The first-order chi connectivity index (χ1) is 28.5. The van der Waals surface area contributed by atoms with Crippen molar-refractivity contribution in [3.8, 4) is 78.4 Å². The molecule has 2 nitrogen and oxygen atoms in total. The number of hydrogen-bond donors (Lipinski definition) is 0. The van der Waals surface area contributed by atoms with Gasteiger partial charge in [0.05, 0.1) is 11.4 Å². The van der Waals surface area contributed by atoms with E-state index in [9.17, 15) is 0 Å². The molecule has 1 aliphatic carbocycles.